The van der Waals surface area contributed by atoms with E-state index in [1.54, 1.807) is 48.5 Å². The summed E-state index contributed by atoms with van der Waals surface area (Å²) in [5.41, 5.74) is 11.3. The van der Waals surface area contributed by atoms with Gasteiger partial charge in [0.25, 0.3) is 0 Å². The first-order valence-corrected chi connectivity index (χ1v) is 27.1. The van der Waals surface area contributed by atoms with Crippen molar-refractivity contribution in [1.82, 2.24) is 52.8 Å². The van der Waals surface area contributed by atoms with Crippen molar-refractivity contribution in [2.45, 2.75) is 193 Å². The highest BCUT2D eigenvalue weighted by molar-refractivity contribution is 6.00. The predicted molar refractivity (Wildman–Crippen MR) is 287 cm³/mol. The Morgan fingerprint density at radius 2 is 1.01 bits per heavy atom. The number of nitrogens with zero attached hydrogens (tertiary/aromatic N) is 1. The lowest BCUT2D eigenvalue weighted by atomic mass is 9.97. The molecule has 0 aromatic carbocycles. The van der Waals surface area contributed by atoms with Crippen LogP contribution >= 0.6 is 0 Å². The highest BCUT2D eigenvalue weighted by Crippen LogP contribution is 2.21. The van der Waals surface area contributed by atoms with Crippen molar-refractivity contribution in [3.63, 3.8) is 0 Å². The van der Waals surface area contributed by atoms with Crippen molar-refractivity contribution in [3.05, 3.63) is 0 Å². The van der Waals surface area contributed by atoms with Crippen LogP contribution in [0.15, 0.2) is 0 Å². The van der Waals surface area contributed by atoms with Gasteiger partial charge in [-0.1, -0.05) is 68.2 Å². The first-order valence-electron chi connectivity index (χ1n) is 27.1. The third-order valence-corrected chi connectivity index (χ3v) is 13.4. The number of carboxylic acids is 4. The quantitative estimate of drug-likeness (QED) is 0.0284. The number of aliphatic carboxylic acids is 4. The maximum absolute atomic E-state index is 14.2. The lowest BCUT2D eigenvalue weighted by molar-refractivity contribution is -0.146. The lowest BCUT2D eigenvalue weighted by Gasteiger charge is -2.31. The van der Waals surface area contributed by atoms with Crippen LogP contribution in [0.2, 0.25) is 0 Å². The van der Waals surface area contributed by atoms with Crippen LogP contribution in [0.3, 0.4) is 0 Å². The van der Waals surface area contributed by atoms with Crippen LogP contribution in [-0.2, 0) is 71.9 Å². The molecule has 1 fully saturated rings. The summed E-state index contributed by atoms with van der Waals surface area (Å²) in [7, 11) is 0. The molecule has 82 heavy (non-hydrogen) atoms. The van der Waals surface area contributed by atoms with Gasteiger partial charge in [0.1, 0.15) is 54.4 Å². The third-order valence-electron chi connectivity index (χ3n) is 13.4. The number of rotatable bonds is 37. The molecule has 0 bridgehead atoms. The summed E-state index contributed by atoms with van der Waals surface area (Å²) in [5, 5.41) is 59.4. The van der Waals surface area contributed by atoms with E-state index in [2.05, 4.69) is 47.9 Å². The zero-order chi connectivity index (χ0) is 62.9. The van der Waals surface area contributed by atoms with Crippen molar-refractivity contribution in [2.24, 2.45) is 35.1 Å². The van der Waals surface area contributed by atoms with Crippen LogP contribution in [0.1, 0.15) is 133 Å². The van der Waals surface area contributed by atoms with E-state index in [1.807, 2.05) is 0 Å². The number of primary amides is 1. The maximum atomic E-state index is 14.2. The van der Waals surface area contributed by atoms with E-state index in [9.17, 15) is 92.3 Å². The number of carbonyl (C=O) groups excluding carboxylic acids is 11. The van der Waals surface area contributed by atoms with Crippen molar-refractivity contribution in [2.75, 3.05) is 13.1 Å². The molecule has 12 atom stereocenters. The smallest absolute Gasteiger partial charge is 0.326 e. The molecule has 0 unspecified atom stereocenters. The van der Waals surface area contributed by atoms with E-state index in [-0.39, 0.29) is 56.4 Å². The van der Waals surface area contributed by atoms with Gasteiger partial charge >= 0.3 is 23.9 Å². The SMILES string of the molecule is CC[C@H](C)[C@H](N)C(=O)N[C@@H](C)C(=O)N[C@@H](CC(=O)O)C(=O)NCC(=O)N[C@H](C(=O)N[C@@H](CC(=O)O)C(=O)N1CCC[C@H]1C(=O)N[C@@H](CC(N)=O)C(=O)N[C@@H](CCC(=O)O)C(=O)N[C@@H](CC(C)C)C(=O)N[C@@H](CC(C)C)C(=O)O)[C@@H](C)CC. The van der Waals surface area contributed by atoms with Gasteiger partial charge in [0.05, 0.1) is 31.8 Å². The highest BCUT2D eigenvalue weighted by atomic mass is 16.4. The molecule has 0 aliphatic carbocycles. The molecular formula is C51H84N12O19. The second kappa shape index (κ2) is 35.0. The van der Waals surface area contributed by atoms with E-state index in [0.717, 1.165) is 4.90 Å². The fourth-order valence-electron chi connectivity index (χ4n) is 8.35. The molecule has 0 aromatic rings. The van der Waals surface area contributed by atoms with Crippen LogP contribution < -0.4 is 59.3 Å². The molecule has 0 radical (unpaired) electrons. The first-order chi connectivity index (χ1) is 38.1. The molecule has 17 N–H and O–H groups in total. The largest absolute Gasteiger partial charge is 0.481 e. The maximum Gasteiger partial charge on any atom is 0.326 e. The Morgan fingerprint density at radius 1 is 0.524 bits per heavy atom. The minimum Gasteiger partial charge on any atom is -0.481 e. The predicted octanol–water partition coefficient (Wildman–Crippen LogP) is -3.72. The summed E-state index contributed by atoms with van der Waals surface area (Å²) < 4.78 is 0. The van der Waals surface area contributed by atoms with Crippen molar-refractivity contribution < 1.29 is 92.3 Å². The average Bonchev–Trinajstić information content (AvgIpc) is 3.96. The average molecular weight is 1170 g/mol. The molecule has 1 saturated heterocycles. The number of nitrogens with two attached hydrogens (primary N) is 2. The van der Waals surface area contributed by atoms with Crippen LogP contribution in [0.4, 0.5) is 0 Å². The second-order valence-electron chi connectivity index (χ2n) is 21.2. The Balaban J connectivity index is 3.35. The summed E-state index contributed by atoms with van der Waals surface area (Å²) >= 11 is 0. The topological polar surface area (TPSA) is 501 Å². The molecular weight excluding hydrogens is 1080 g/mol. The van der Waals surface area contributed by atoms with Crippen LogP contribution in [0, 0.1) is 23.7 Å². The van der Waals surface area contributed by atoms with E-state index in [1.165, 1.54) is 13.8 Å². The van der Waals surface area contributed by atoms with Crippen LogP contribution in [0.25, 0.3) is 0 Å². The van der Waals surface area contributed by atoms with E-state index in [0.29, 0.717) is 6.42 Å². The highest BCUT2D eigenvalue weighted by Gasteiger charge is 2.42. The number of hydrogen-bond donors (Lipinski definition) is 15. The molecule has 1 heterocycles. The van der Waals surface area contributed by atoms with Crippen LogP contribution in [0.5, 0.6) is 0 Å². The van der Waals surface area contributed by atoms with Gasteiger partial charge in [0.15, 0.2) is 0 Å². The first kappa shape index (κ1) is 72.0. The number of likely N-dealkylation sites (tertiary alicyclic amines) is 1. The van der Waals surface area contributed by atoms with Crippen molar-refractivity contribution in [1.29, 1.82) is 0 Å². The Hall–Kier alpha value is -7.99. The Kier molecular flexibility index (Phi) is 30.7. The Labute approximate surface area is 474 Å². The van der Waals surface area contributed by atoms with E-state index in [4.69, 9.17) is 11.5 Å². The monoisotopic (exact) mass is 1170 g/mol. The van der Waals surface area contributed by atoms with E-state index >= 15 is 0 Å². The van der Waals surface area contributed by atoms with Gasteiger partial charge in [0, 0.05) is 13.0 Å². The number of carboxylic acid groups (broad SMARTS) is 4. The van der Waals surface area contributed by atoms with Gasteiger partial charge in [-0.25, -0.2) is 4.79 Å². The minimum absolute atomic E-state index is 0.0279. The fraction of sp³-hybridized carbons (Fsp3) is 0.706. The fourth-order valence-corrected chi connectivity index (χ4v) is 8.35. The summed E-state index contributed by atoms with van der Waals surface area (Å²) in [6.07, 6.45) is -3.42. The molecule has 0 aromatic heterocycles. The molecule has 1 aliphatic rings. The van der Waals surface area contributed by atoms with Crippen molar-refractivity contribution in [3.8, 4) is 0 Å². The molecule has 1 rings (SSSR count). The summed E-state index contributed by atoms with van der Waals surface area (Å²) in [6, 6.07) is -15.2. The number of carbonyl (C=O) groups is 15. The van der Waals surface area contributed by atoms with Gasteiger partial charge in [-0.3, -0.25) is 67.1 Å². The van der Waals surface area contributed by atoms with Gasteiger partial charge in [-0.2, -0.15) is 0 Å². The van der Waals surface area contributed by atoms with Gasteiger partial charge in [0.2, 0.25) is 65.0 Å². The van der Waals surface area contributed by atoms with Crippen molar-refractivity contribution >= 4 is 88.9 Å². The molecule has 0 saturated carbocycles. The lowest BCUT2D eigenvalue weighted by Crippen LogP contribution is -2.60. The summed E-state index contributed by atoms with van der Waals surface area (Å²) in [4.78, 5) is 196. The normalized spacial score (nSPS) is 17.0. The van der Waals surface area contributed by atoms with Crippen LogP contribution in [-0.4, -0.2) is 188 Å². The summed E-state index contributed by atoms with van der Waals surface area (Å²) in [5.74, 6) is -18.6. The standard InChI is InChI=1S/C51H84N12O19/c1-10-25(7)40(53)48(78)55-27(9)42(72)57-31(20-38(68)69)43(73)54-22-36(65)62-41(26(8)11-2)49(79)60-32(21-39(70)71)50(80)63-16-12-13-34(63)47(77)59-30(19-35(52)64)46(76)56-28(14-15-37(66)67)44(74)58-29(17-23(3)4)45(75)61-33(51(81)82)18-24(5)6/h23-34,40-41H,10-22,53H2,1-9H3,(H2,52,64)(H,54,73)(H,55,78)(H,56,76)(H,57,72)(H,58,74)(H,59,77)(H,60,79)(H,61,75)(H,62,65)(H,66,67)(H,68,69)(H,70,71)(H,81,82)/t25-,26-,27-,28-,29-,30-,31-,32-,33-,34-,40-,41-/m0/s1. The second-order valence-corrected chi connectivity index (χ2v) is 21.2. The van der Waals surface area contributed by atoms with Gasteiger partial charge < -0.3 is 84.6 Å². The van der Waals surface area contributed by atoms with Gasteiger partial charge in [-0.05, 0) is 62.7 Å². The zero-order valence-electron chi connectivity index (χ0n) is 47.8. The molecule has 31 nitrogen and oxygen atoms in total. The minimum atomic E-state index is -1.90. The summed E-state index contributed by atoms with van der Waals surface area (Å²) in [6.45, 7) is 13.7. The molecule has 462 valence electrons. The third kappa shape index (κ3) is 25.2. The molecule has 1 aliphatic heterocycles. The Morgan fingerprint density at radius 3 is 1.54 bits per heavy atom. The number of amides is 11. The molecule has 0 spiro atoms. The number of nitrogens with one attached hydrogen (secondary N) is 9. The zero-order valence-corrected chi connectivity index (χ0v) is 47.8. The number of hydrogen-bond acceptors (Lipinski definition) is 16. The molecule has 31 heteroatoms. The van der Waals surface area contributed by atoms with E-state index < -0.39 is 194 Å². The molecule has 11 amide bonds. The Bertz CT molecular complexity index is 2330. The van der Waals surface area contributed by atoms with Gasteiger partial charge in [-0.15, -0.1) is 0 Å².